The Morgan fingerprint density at radius 2 is 2.10 bits per heavy atom. The Morgan fingerprint density at radius 3 is 2.81 bits per heavy atom. The Kier molecular flexibility index (Phi) is 5.73. The first-order chi connectivity index (χ1) is 10.1. The highest BCUT2D eigenvalue weighted by atomic mass is 16.3. The third-order valence-electron chi connectivity index (χ3n) is 3.80. The molecule has 2 N–H and O–H groups in total. The van der Waals surface area contributed by atoms with Crippen LogP contribution in [0.4, 0.5) is 0 Å². The maximum atomic E-state index is 11.3. The monoisotopic (exact) mass is 291 g/mol. The van der Waals surface area contributed by atoms with Gasteiger partial charge in [-0.3, -0.25) is 9.69 Å². The van der Waals surface area contributed by atoms with Crippen molar-refractivity contribution in [2.45, 2.75) is 26.1 Å². The molecule has 2 rings (SSSR count). The molecule has 1 saturated heterocycles. The van der Waals surface area contributed by atoms with E-state index in [0.717, 1.165) is 38.3 Å². The van der Waals surface area contributed by atoms with Crippen molar-refractivity contribution in [3.8, 4) is 0 Å². The lowest BCUT2D eigenvalue weighted by atomic mass is 10.1. The van der Waals surface area contributed by atoms with Crippen molar-refractivity contribution >= 4 is 5.91 Å². The Morgan fingerprint density at radius 1 is 1.33 bits per heavy atom. The minimum Gasteiger partial charge on any atom is -0.392 e. The molecule has 1 aromatic carbocycles. The Bertz CT molecular complexity index is 478. The molecule has 1 heterocycles. The van der Waals surface area contributed by atoms with Crippen molar-refractivity contribution in [3.05, 3.63) is 35.4 Å². The van der Waals surface area contributed by atoms with Crippen molar-refractivity contribution in [1.29, 1.82) is 0 Å². The van der Waals surface area contributed by atoms with Gasteiger partial charge in [0.25, 0.3) is 0 Å². The second kappa shape index (κ2) is 7.54. The number of aliphatic hydroxyl groups excluding tert-OH is 1. The molecule has 116 valence electrons. The molecule has 1 aromatic rings. The summed E-state index contributed by atoms with van der Waals surface area (Å²) in [5.74, 6) is 0.0255. The van der Waals surface area contributed by atoms with Gasteiger partial charge in [-0.2, -0.15) is 0 Å². The zero-order valence-corrected chi connectivity index (χ0v) is 12.9. The van der Waals surface area contributed by atoms with Crippen LogP contribution in [0, 0.1) is 0 Å². The number of benzene rings is 1. The summed E-state index contributed by atoms with van der Waals surface area (Å²) in [5, 5.41) is 12.2. The number of nitrogens with one attached hydrogen (secondary N) is 1. The topological polar surface area (TPSA) is 55.8 Å². The van der Waals surface area contributed by atoms with Gasteiger partial charge in [0.15, 0.2) is 0 Å². The first kappa shape index (κ1) is 15.9. The highest BCUT2D eigenvalue weighted by Crippen LogP contribution is 2.11. The summed E-state index contributed by atoms with van der Waals surface area (Å²) >= 11 is 0. The van der Waals surface area contributed by atoms with Crippen LogP contribution in [0.1, 0.15) is 18.1 Å². The molecular weight excluding hydrogens is 266 g/mol. The van der Waals surface area contributed by atoms with Gasteiger partial charge in [0.1, 0.15) is 0 Å². The van der Waals surface area contributed by atoms with Crippen LogP contribution in [0.5, 0.6) is 0 Å². The fraction of sp³-hybridized carbons (Fsp3) is 0.562. The molecule has 1 fully saturated rings. The predicted octanol–water partition coefficient (Wildman–Crippen LogP) is 0.431. The molecule has 0 aliphatic carbocycles. The normalized spacial score (nSPS) is 21.0. The Labute approximate surface area is 126 Å². The van der Waals surface area contributed by atoms with Gasteiger partial charge >= 0.3 is 0 Å². The molecule has 1 amide bonds. The van der Waals surface area contributed by atoms with E-state index in [4.69, 9.17) is 0 Å². The van der Waals surface area contributed by atoms with Gasteiger partial charge in [-0.1, -0.05) is 24.3 Å². The summed E-state index contributed by atoms with van der Waals surface area (Å²) in [6.07, 6.45) is 0. The third kappa shape index (κ3) is 5.12. The van der Waals surface area contributed by atoms with Crippen molar-refractivity contribution < 1.29 is 9.90 Å². The van der Waals surface area contributed by atoms with Crippen LogP contribution in [0.15, 0.2) is 24.3 Å². The molecule has 0 spiro atoms. The predicted molar refractivity (Wildman–Crippen MR) is 82.7 cm³/mol. The zero-order chi connectivity index (χ0) is 15.2. The molecule has 1 aliphatic heterocycles. The van der Waals surface area contributed by atoms with Crippen molar-refractivity contribution in [2.75, 3.05) is 33.2 Å². The summed E-state index contributed by atoms with van der Waals surface area (Å²) in [6, 6.07) is 8.20. The highest BCUT2D eigenvalue weighted by Gasteiger charge is 2.21. The molecule has 0 aromatic heterocycles. The van der Waals surface area contributed by atoms with E-state index in [1.54, 1.807) is 6.92 Å². The van der Waals surface area contributed by atoms with Gasteiger partial charge in [-0.25, -0.2) is 0 Å². The average molecular weight is 291 g/mol. The molecule has 1 atom stereocenters. The van der Waals surface area contributed by atoms with Crippen LogP contribution in [0.2, 0.25) is 0 Å². The molecular formula is C16H25N3O2. The lowest BCUT2D eigenvalue weighted by Crippen LogP contribution is -2.45. The molecule has 5 heteroatoms. The van der Waals surface area contributed by atoms with E-state index in [1.807, 2.05) is 18.2 Å². The van der Waals surface area contributed by atoms with Gasteiger partial charge in [-0.05, 0) is 18.2 Å². The number of amides is 1. The largest absolute Gasteiger partial charge is 0.392 e. The highest BCUT2D eigenvalue weighted by molar-refractivity contribution is 5.73. The lowest BCUT2D eigenvalue weighted by Gasteiger charge is -2.24. The van der Waals surface area contributed by atoms with E-state index in [-0.39, 0.29) is 18.6 Å². The molecule has 21 heavy (non-hydrogen) atoms. The van der Waals surface area contributed by atoms with Crippen molar-refractivity contribution in [1.82, 2.24) is 15.1 Å². The number of nitrogens with zero attached hydrogens (tertiary/aromatic N) is 2. The molecule has 5 nitrogen and oxygen atoms in total. The van der Waals surface area contributed by atoms with Gasteiger partial charge < -0.3 is 15.3 Å². The maximum absolute atomic E-state index is 11.3. The summed E-state index contributed by atoms with van der Waals surface area (Å²) in [6.45, 7) is 6.20. The first-order valence-electron chi connectivity index (χ1n) is 7.43. The Hall–Kier alpha value is -1.43. The minimum absolute atomic E-state index is 0.0255. The van der Waals surface area contributed by atoms with Crippen LogP contribution in [0.25, 0.3) is 0 Å². The van der Waals surface area contributed by atoms with E-state index in [9.17, 15) is 9.90 Å². The quantitative estimate of drug-likeness (QED) is 0.845. The van der Waals surface area contributed by atoms with Crippen LogP contribution in [0.3, 0.4) is 0 Å². The Balaban J connectivity index is 2.01. The smallest absolute Gasteiger partial charge is 0.217 e. The molecule has 1 unspecified atom stereocenters. The fourth-order valence-electron chi connectivity index (χ4n) is 2.85. The first-order valence-corrected chi connectivity index (χ1v) is 7.43. The van der Waals surface area contributed by atoms with Gasteiger partial charge in [0, 0.05) is 39.6 Å². The van der Waals surface area contributed by atoms with Crippen molar-refractivity contribution in [2.24, 2.45) is 0 Å². The number of hydrogen-bond acceptors (Lipinski definition) is 4. The number of rotatable bonds is 4. The minimum atomic E-state index is 0.0255. The van der Waals surface area contributed by atoms with Crippen molar-refractivity contribution in [3.63, 3.8) is 0 Å². The average Bonchev–Trinajstić information content (AvgIpc) is 2.60. The number of hydrogen-bond donors (Lipinski definition) is 2. The van der Waals surface area contributed by atoms with Crippen LogP contribution >= 0.6 is 0 Å². The molecule has 1 aliphatic rings. The SMILES string of the molecule is CC(=O)NC1CN(C)CCN(Cc2cccc(CO)c2)C1. The summed E-state index contributed by atoms with van der Waals surface area (Å²) in [7, 11) is 2.09. The number of carbonyl (C=O) groups excluding carboxylic acids is 1. The van der Waals surface area contributed by atoms with E-state index in [0.29, 0.717) is 0 Å². The zero-order valence-electron chi connectivity index (χ0n) is 12.9. The van der Waals surface area contributed by atoms with Crippen LogP contribution in [-0.4, -0.2) is 60.1 Å². The lowest BCUT2D eigenvalue weighted by molar-refractivity contribution is -0.119. The standard InChI is InChI=1S/C16H25N3O2/c1-13(21)17-16-10-18(2)6-7-19(11-16)9-14-4-3-5-15(8-14)12-20/h3-5,8,16,20H,6-7,9-12H2,1-2H3,(H,17,21). The van der Waals surface area contributed by atoms with Crippen LogP contribution in [-0.2, 0) is 17.9 Å². The fourth-order valence-corrected chi connectivity index (χ4v) is 2.85. The number of likely N-dealkylation sites (N-methyl/N-ethyl adjacent to an activating group) is 1. The molecule has 0 bridgehead atoms. The number of aliphatic hydroxyl groups is 1. The van der Waals surface area contributed by atoms with Gasteiger partial charge in [0.05, 0.1) is 12.6 Å². The summed E-state index contributed by atoms with van der Waals surface area (Å²) in [5.41, 5.74) is 2.14. The van der Waals surface area contributed by atoms with E-state index in [1.165, 1.54) is 5.56 Å². The molecule has 0 saturated carbocycles. The second-order valence-electron chi connectivity index (χ2n) is 5.87. The number of carbonyl (C=O) groups is 1. The second-order valence-corrected chi connectivity index (χ2v) is 5.87. The molecule has 0 radical (unpaired) electrons. The van der Waals surface area contributed by atoms with Gasteiger partial charge in [-0.15, -0.1) is 0 Å². The van der Waals surface area contributed by atoms with E-state index >= 15 is 0 Å². The van der Waals surface area contributed by atoms with Gasteiger partial charge in [0.2, 0.25) is 5.91 Å². The summed E-state index contributed by atoms with van der Waals surface area (Å²) in [4.78, 5) is 15.9. The van der Waals surface area contributed by atoms with Crippen LogP contribution < -0.4 is 5.32 Å². The van der Waals surface area contributed by atoms with E-state index < -0.39 is 0 Å². The third-order valence-corrected chi connectivity index (χ3v) is 3.80. The summed E-state index contributed by atoms with van der Waals surface area (Å²) < 4.78 is 0. The van der Waals surface area contributed by atoms with E-state index in [2.05, 4.69) is 28.2 Å². The maximum Gasteiger partial charge on any atom is 0.217 e.